The van der Waals surface area contributed by atoms with Gasteiger partial charge < -0.3 is 14.2 Å². The summed E-state index contributed by atoms with van der Waals surface area (Å²) < 4.78 is 16.0. The first-order valence-corrected chi connectivity index (χ1v) is 7.89. The summed E-state index contributed by atoms with van der Waals surface area (Å²) in [5.41, 5.74) is 0. The lowest BCUT2D eigenvalue weighted by molar-refractivity contribution is -0.162. The highest BCUT2D eigenvalue weighted by Gasteiger charge is 2.13. The SMILES string of the molecule is CCOC(=O)/C=C/CCCCCCO[C@@H]1CCCCO1. The van der Waals surface area contributed by atoms with E-state index in [1.165, 1.54) is 31.8 Å². The van der Waals surface area contributed by atoms with Crippen LogP contribution < -0.4 is 0 Å². The van der Waals surface area contributed by atoms with Gasteiger partial charge in [0.25, 0.3) is 0 Å². The molecule has 0 aromatic heterocycles. The Morgan fingerprint density at radius 2 is 2.10 bits per heavy atom. The van der Waals surface area contributed by atoms with Gasteiger partial charge in [-0.15, -0.1) is 0 Å². The van der Waals surface area contributed by atoms with Crippen molar-refractivity contribution in [1.82, 2.24) is 0 Å². The molecule has 116 valence electrons. The third-order valence-corrected chi connectivity index (χ3v) is 3.25. The Kier molecular flexibility index (Phi) is 10.2. The fourth-order valence-corrected chi connectivity index (χ4v) is 2.15. The lowest BCUT2D eigenvalue weighted by atomic mass is 10.1. The first-order chi connectivity index (χ1) is 9.83. The maximum absolute atomic E-state index is 11.0. The van der Waals surface area contributed by atoms with Gasteiger partial charge in [0.15, 0.2) is 6.29 Å². The minimum atomic E-state index is -0.242. The number of hydrogen-bond donors (Lipinski definition) is 0. The molecule has 0 bridgehead atoms. The molecule has 0 saturated carbocycles. The zero-order valence-corrected chi connectivity index (χ0v) is 12.6. The van der Waals surface area contributed by atoms with Crippen LogP contribution in [0.2, 0.25) is 0 Å². The summed E-state index contributed by atoms with van der Waals surface area (Å²) in [5, 5.41) is 0. The average molecular weight is 284 g/mol. The molecular weight excluding hydrogens is 256 g/mol. The van der Waals surface area contributed by atoms with E-state index < -0.39 is 0 Å². The summed E-state index contributed by atoms with van der Waals surface area (Å²) in [6, 6.07) is 0. The monoisotopic (exact) mass is 284 g/mol. The van der Waals surface area contributed by atoms with Crippen LogP contribution in [0.25, 0.3) is 0 Å². The lowest BCUT2D eigenvalue weighted by Crippen LogP contribution is -2.22. The average Bonchev–Trinajstić information content (AvgIpc) is 2.47. The Hall–Kier alpha value is -0.870. The van der Waals surface area contributed by atoms with Crippen molar-refractivity contribution in [3.8, 4) is 0 Å². The molecule has 0 spiro atoms. The summed E-state index contributed by atoms with van der Waals surface area (Å²) in [6.07, 6.45) is 12.3. The van der Waals surface area contributed by atoms with Crippen LogP contribution in [0.3, 0.4) is 0 Å². The van der Waals surface area contributed by atoms with Crippen molar-refractivity contribution >= 4 is 5.97 Å². The van der Waals surface area contributed by atoms with Crippen molar-refractivity contribution in [2.75, 3.05) is 19.8 Å². The van der Waals surface area contributed by atoms with E-state index in [0.717, 1.165) is 38.9 Å². The largest absolute Gasteiger partial charge is 0.463 e. The number of rotatable bonds is 10. The molecule has 1 atom stereocenters. The summed E-state index contributed by atoms with van der Waals surface area (Å²) in [7, 11) is 0. The second-order valence-electron chi connectivity index (χ2n) is 5.02. The fraction of sp³-hybridized carbons (Fsp3) is 0.812. The number of carbonyl (C=O) groups excluding carboxylic acids is 1. The molecule has 0 aromatic carbocycles. The molecule has 4 heteroatoms. The molecule has 0 radical (unpaired) electrons. The van der Waals surface area contributed by atoms with Crippen molar-refractivity contribution in [3.63, 3.8) is 0 Å². The van der Waals surface area contributed by atoms with E-state index in [1.54, 1.807) is 0 Å². The van der Waals surface area contributed by atoms with Crippen molar-refractivity contribution in [2.45, 2.75) is 64.6 Å². The van der Waals surface area contributed by atoms with Gasteiger partial charge in [0, 0.05) is 19.3 Å². The number of hydrogen-bond acceptors (Lipinski definition) is 4. The molecule has 1 rings (SSSR count). The predicted octanol–water partition coefficient (Wildman–Crippen LogP) is 3.60. The molecule has 1 heterocycles. The van der Waals surface area contributed by atoms with Gasteiger partial charge in [-0.1, -0.05) is 18.9 Å². The lowest BCUT2D eigenvalue weighted by Gasteiger charge is -2.22. The van der Waals surface area contributed by atoms with Crippen LogP contribution in [-0.2, 0) is 19.0 Å². The van der Waals surface area contributed by atoms with Crippen LogP contribution in [0.1, 0.15) is 58.3 Å². The zero-order chi connectivity index (χ0) is 14.5. The van der Waals surface area contributed by atoms with Gasteiger partial charge in [-0.05, 0) is 45.4 Å². The molecule has 4 nitrogen and oxygen atoms in total. The highest BCUT2D eigenvalue weighted by molar-refractivity contribution is 5.81. The van der Waals surface area contributed by atoms with Gasteiger partial charge in [0.1, 0.15) is 0 Å². The van der Waals surface area contributed by atoms with E-state index in [2.05, 4.69) is 0 Å². The molecule has 0 unspecified atom stereocenters. The maximum atomic E-state index is 11.0. The summed E-state index contributed by atoms with van der Waals surface area (Å²) in [4.78, 5) is 11.0. The van der Waals surface area contributed by atoms with Crippen molar-refractivity contribution < 1.29 is 19.0 Å². The van der Waals surface area contributed by atoms with E-state index in [4.69, 9.17) is 14.2 Å². The molecule has 1 aliphatic rings. The van der Waals surface area contributed by atoms with E-state index in [9.17, 15) is 4.79 Å². The smallest absolute Gasteiger partial charge is 0.330 e. The van der Waals surface area contributed by atoms with E-state index >= 15 is 0 Å². The molecule has 0 aromatic rings. The minimum Gasteiger partial charge on any atom is -0.463 e. The van der Waals surface area contributed by atoms with E-state index in [1.807, 2.05) is 13.0 Å². The molecule has 1 fully saturated rings. The van der Waals surface area contributed by atoms with Crippen LogP contribution in [0.15, 0.2) is 12.2 Å². The summed E-state index contributed by atoms with van der Waals surface area (Å²) in [5.74, 6) is -0.242. The number of unbranched alkanes of at least 4 members (excludes halogenated alkanes) is 4. The van der Waals surface area contributed by atoms with Crippen LogP contribution in [-0.4, -0.2) is 32.1 Å². The van der Waals surface area contributed by atoms with Crippen LogP contribution >= 0.6 is 0 Å². The number of allylic oxidation sites excluding steroid dienone is 1. The second kappa shape index (κ2) is 11.9. The molecule has 1 saturated heterocycles. The summed E-state index contributed by atoms with van der Waals surface area (Å²) in [6.45, 7) is 3.89. The first-order valence-electron chi connectivity index (χ1n) is 7.89. The topological polar surface area (TPSA) is 44.8 Å². The van der Waals surface area contributed by atoms with Crippen molar-refractivity contribution in [1.29, 1.82) is 0 Å². The molecular formula is C16H28O4. The van der Waals surface area contributed by atoms with Gasteiger partial charge >= 0.3 is 5.97 Å². The van der Waals surface area contributed by atoms with Crippen molar-refractivity contribution in [2.24, 2.45) is 0 Å². The Morgan fingerprint density at radius 3 is 2.85 bits per heavy atom. The third kappa shape index (κ3) is 9.10. The molecule has 0 amide bonds. The summed E-state index contributed by atoms with van der Waals surface area (Å²) >= 11 is 0. The van der Waals surface area contributed by atoms with Crippen LogP contribution in [0.4, 0.5) is 0 Å². The van der Waals surface area contributed by atoms with Gasteiger partial charge in [-0.3, -0.25) is 0 Å². The third-order valence-electron chi connectivity index (χ3n) is 3.25. The van der Waals surface area contributed by atoms with Crippen LogP contribution in [0.5, 0.6) is 0 Å². The molecule has 1 aliphatic heterocycles. The highest BCUT2D eigenvalue weighted by Crippen LogP contribution is 2.14. The van der Waals surface area contributed by atoms with Crippen molar-refractivity contribution in [3.05, 3.63) is 12.2 Å². The van der Waals surface area contributed by atoms with Crippen LogP contribution in [0, 0.1) is 0 Å². The number of carbonyl (C=O) groups is 1. The minimum absolute atomic E-state index is 0.0382. The molecule has 0 aliphatic carbocycles. The quantitative estimate of drug-likeness (QED) is 0.349. The fourth-order valence-electron chi connectivity index (χ4n) is 2.15. The van der Waals surface area contributed by atoms with Gasteiger partial charge in [0.2, 0.25) is 0 Å². The maximum Gasteiger partial charge on any atom is 0.330 e. The second-order valence-corrected chi connectivity index (χ2v) is 5.02. The normalized spacial score (nSPS) is 19.4. The Morgan fingerprint density at radius 1 is 1.25 bits per heavy atom. The highest BCUT2D eigenvalue weighted by atomic mass is 16.7. The van der Waals surface area contributed by atoms with Gasteiger partial charge in [-0.25, -0.2) is 4.79 Å². The number of esters is 1. The Bertz CT molecular complexity index is 270. The standard InChI is InChI=1S/C16H28O4/c1-2-18-15(17)11-7-5-3-4-6-9-13-19-16-12-8-10-14-20-16/h7,11,16H,2-6,8-10,12-14H2,1H3/b11-7+/t16-/m0/s1. The zero-order valence-electron chi connectivity index (χ0n) is 12.6. The molecule has 0 N–H and O–H groups in total. The van der Waals surface area contributed by atoms with Gasteiger partial charge in [0.05, 0.1) is 6.61 Å². The Labute approximate surface area is 122 Å². The van der Waals surface area contributed by atoms with Gasteiger partial charge in [-0.2, -0.15) is 0 Å². The molecule has 20 heavy (non-hydrogen) atoms. The number of ether oxygens (including phenoxy) is 3. The first kappa shape index (κ1) is 17.2. The predicted molar refractivity (Wildman–Crippen MR) is 78.4 cm³/mol. The Balaban J connectivity index is 1.83. The van der Waals surface area contributed by atoms with E-state index in [0.29, 0.717) is 6.61 Å². The van der Waals surface area contributed by atoms with E-state index in [-0.39, 0.29) is 12.3 Å².